The zero-order valence-electron chi connectivity index (χ0n) is 21.0. The molecule has 0 aromatic rings. The molecule has 0 aromatic heterocycles. The molecule has 1 aliphatic rings. The van der Waals surface area contributed by atoms with Crippen LogP contribution in [0, 0.1) is 34.5 Å². The van der Waals surface area contributed by atoms with E-state index in [0.29, 0.717) is 5.92 Å². The van der Waals surface area contributed by atoms with Gasteiger partial charge in [0.05, 0.1) is 0 Å². The van der Waals surface area contributed by atoms with Gasteiger partial charge in [-0.15, -0.1) is 0 Å². The van der Waals surface area contributed by atoms with Crippen LogP contribution in [0.4, 0.5) is 0 Å². The van der Waals surface area contributed by atoms with Crippen LogP contribution in [0.25, 0.3) is 0 Å². The first-order valence-electron chi connectivity index (χ1n) is 11.1. The van der Waals surface area contributed by atoms with Gasteiger partial charge in [0, 0.05) is 11.0 Å². The lowest BCUT2D eigenvalue weighted by molar-refractivity contribution is -0.138. The molecule has 10 heteroatoms. The number of rotatable bonds is 8. The fourth-order valence-electron chi connectivity index (χ4n) is 5.07. The first-order valence-corrected chi connectivity index (χ1v) is 16.0. The van der Waals surface area contributed by atoms with Crippen molar-refractivity contribution in [2.24, 2.45) is 34.5 Å². The maximum absolute atomic E-state index is 13.8. The molecule has 1 rings (SSSR count). The zero-order chi connectivity index (χ0) is 23.3. The van der Waals surface area contributed by atoms with Crippen LogP contribution in [0.3, 0.4) is 0 Å². The average molecular weight is 493 g/mol. The Labute approximate surface area is 193 Å². The van der Waals surface area contributed by atoms with Crippen LogP contribution in [0.2, 0.25) is 0 Å². The van der Waals surface area contributed by atoms with E-state index in [1.54, 1.807) is 0 Å². The lowest BCUT2D eigenvalue weighted by Crippen LogP contribution is -2.53. The first kappa shape index (κ1) is 28.0. The molecule has 0 amide bonds. The Hall–Kier alpha value is -0.0825. The highest BCUT2D eigenvalue weighted by atomic mass is 28.4. The summed E-state index contributed by atoms with van der Waals surface area (Å²) in [5.41, 5.74) is 1.40. The first-order chi connectivity index (χ1) is 13.8. The minimum atomic E-state index is -2.59. The predicted molar refractivity (Wildman–Crippen MR) is 131 cm³/mol. The number of allylic oxidation sites excluding steroid dienone is 1. The Kier molecular flexibility index (Phi) is 10.9. The van der Waals surface area contributed by atoms with Crippen molar-refractivity contribution < 1.29 is 25.7 Å². The summed E-state index contributed by atoms with van der Waals surface area (Å²) in [5, 5.41) is 0. The summed E-state index contributed by atoms with van der Waals surface area (Å²) in [6, 6.07) is 0. The molecule has 6 nitrogen and oxygen atoms in total. The highest BCUT2D eigenvalue weighted by Gasteiger charge is 2.56. The Bertz CT molecular complexity index is 588. The maximum atomic E-state index is 13.8. The molecule has 0 unspecified atom stereocenters. The van der Waals surface area contributed by atoms with Crippen LogP contribution < -0.4 is 0 Å². The van der Waals surface area contributed by atoms with E-state index in [4.69, 9.17) is 20.9 Å². The Balaban J connectivity index is 3.59. The summed E-state index contributed by atoms with van der Waals surface area (Å²) in [5.74, 6) is 0.814. The molecule has 1 heterocycles. The van der Waals surface area contributed by atoms with Crippen molar-refractivity contribution in [3.8, 4) is 0 Å². The van der Waals surface area contributed by atoms with Gasteiger partial charge in [0.25, 0.3) is 30.0 Å². The second-order valence-corrected chi connectivity index (χ2v) is 17.5. The van der Waals surface area contributed by atoms with Crippen LogP contribution in [0.5, 0.6) is 0 Å². The van der Waals surface area contributed by atoms with Gasteiger partial charge < -0.3 is 20.9 Å². The summed E-state index contributed by atoms with van der Waals surface area (Å²) < 4.78 is 28.5. The Morgan fingerprint density at radius 3 is 1.67 bits per heavy atom. The van der Waals surface area contributed by atoms with Crippen molar-refractivity contribution >= 4 is 45.5 Å². The monoisotopic (exact) mass is 492 g/mol. The molecule has 0 aromatic carbocycles. The van der Waals surface area contributed by atoms with Crippen molar-refractivity contribution in [2.75, 3.05) is 0 Å². The largest absolute Gasteiger partial charge is 0.533 e. The third kappa shape index (κ3) is 5.83. The van der Waals surface area contributed by atoms with E-state index in [-0.39, 0.29) is 34.6 Å². The van der Waals surface area contributed by atoms with Crippen molar-refractivity contribution in [3.05, 3.63) is 11.1 Å². The summed E-state index contributed by atoms with van der Waals surface area (Å²) in [6.45, 7) is 24.4. The molecule has 0 saturated carbocycles. The van der Waals surface area contributed by atoms with Gasteiger partial charge in [-0.25, -0.2) is 4.79 Å². The summed E-state index contributed by atoms with van der Waals surface area (Å²) >= 11 is 0. The molecule has 0 bridgehead atoms. The standard InChI is InChI=1S/C20H44O6Si4/c1-12(2)16(9)17(18(21)22-30-25-28-23-27-24-29-26-30)20(14(5)6,15(7)8)19(10,11)13(3)4/h12-15,30H,27-29H2,1-11H3. The van der Waals surface area contributed by atoms with Crippen molar-refractivity contribution in [3.63, 3.8) is 0 Å². The SMILES string of the molecule is CC(=C(C(=O)O[SiH]1O[SiH2]O[SiH2]O[SiH2]O1)C(C(C)C)(C(C)C)C(C)(C)C(C)C)C(C)C. The van der Waals surface area contributed by atoms with Crippen LogP contribution >= 0.6 is 0 Å². The van der Waals surface area contributed by atoms with Gasteiger partial charge in [-0.1, -0.05) is 74.8 Å². The van der Waals surface area contributed by atoms with Gasteiger partial charge >= 0.3 is 15.5 Å². The second-order valence-electron chi connectivity index (χ2n) is 10.1. The number of hydrogen-bond acceptors (Lipinski definition) is 6. The molecule has 0 spiro atoms. The highest BCUT2D eigenvalue weighted by molar-refractivity contribution is 6.57. The molecule has 0 N–H and O–H groups in total. The quantitative estimate of drug-likeness (QED) is 0.383. The van der Waals surface area contributed by atoms with E-state index in [2.05, 4.69) is 76.2 Å². The fourth-order valence-corrected chi connectivity index (χ4v) is 12.6. The van der Waals surface area contributed by atoms with Gasteiger partial charge in [0.15, 0.2) is 0 Å². The van der Waals surface area contributed by atoms with E-state index in [1.165, 1.54) is 0 Å². The highest BCUT2D eigenvalue weighted by Crippen LogP contribution is 2.59. The van der Waals surface area contributed by atoms with Gasteiger partial charge in [-0.2, -0.15) is 0 Å². The van der Waals surface area contributed by atoms with Gasteiger partial charge in [0.1, 0.15) is 0 Å². The average Bonchev–Trinajstić information content (AvgIpc) is 2.59. The van der Waals surface area contributed by atoms with Gasteiger partial charge in [-0.3, -0.25) is 0 Å². The second kappa shape index (κ2) is 11.7. The minimum absolute atomic E-state index is 0.134. The molecule has 1 saturated heterocycles. The topological polar surface area (TPSA) is 63.2 Å². The molecule has 176 valence electrons. The number of carbonyl (C=O) groups excluding carboxylic acids is 1. The van der Waals surface area contributed by atoms with Gasteiger partial charge in [0.2, 0.25) is 0 Å². The Morgan fingerprint density at radius 2 is 1.30 bits per heavy atom. The third-order valence-electron chi connectivity index (χ3n) is 7.15. The summed E-state index contributed by atoms with van der Waals surface area (Å²) in [4.78, 5) is 13.8. The molecule has 30 heavy (non-hydrogen) atoms. The molecular weight excluding hydrogens is 449 g/mol. The van der Waals surface area contributed by atoms with Crippen LogP contribution in [-0.2, 0) is 25.7 Å². The maximum Gasteiger partial charge on any atom is 0.533 e. The molecular formula is C20H44O6Si4. The lowest BCUT2D eigenvalue weighted by atomic mass is 9.47. The van der Waals surface area contributed by atoms with E-state index in [1.807, 2.05) is 0 Å². The Morgan fingerprint density at radius 1 is 0.833 bits per heavy atom. The summed E-state index contributed by atoms with van der Waals surface area (Å²) in [6.07, 6.45) is 0. The minimum Gasteiger partial charge on any atom is -0.473 e. The van der Waals surface area contributed by atoms with Crippen molar-refractivity contribution in [1.82, 2.24) is 0 Å². The lowest BCUT2D eigenvalue weighted by Gasteiger charge is -2.56. The zero-order valence-corrected chi connectivity index (χ0v) is 26.4. The molecule has 0 aliphatic carbocycles. The van der Waals surface area contributed by atoms with Crippen LogP contribution in [0.1, 0.15) is 76.2 Å². The normalized spacial score (nSPS) is 22.8. The number of hydrogen-bond donors (Lipinski definition) is 0. The van der Waals surface area contributed by atoms with Crippen LogP contribution in [0.15, 0.2) is 11.1 Å². The molecule has 0 radical (unpaired) electrons. The van der Waals surface area contributed by atoms with Crippen LogP contribution in [-0.4, -0.2) is 45.5 Å². The molecule has 1 aliphatic heterocycles. The predicted octanol–water partition coefficient (Wildman–Crippen LogP) is 2.28. The van der Waals surface area contributed by atoms with E-state index in [0.717, 1.165) is 11.1 Å². The third-order valence-corrected chi connectivity index (χ3v) is 13.5. The van der Waals surface area contributed by atoms with E-state index >= 15 is 0 Å². The number of carbonyl (C=O) groups is 1. The van der Waals surface area contributed by atoms with Gasteiger partial charge in [-0.05, 0) is 36.0 Å². The van der Waals surface area contributed by atoms with E-state index < -0.39 is 39.5 Å². The molecule has 0 atom stereocenters. The van der Waals surface area contributed by atoms with E-state index in [9.17, 15) is 4.79 Å². The molecule has 1 fully saturated rings. The van der Waals surface area contributed by atoms with Crippen molar-refractivity contribution in [1.29, 1.82) is 0 Å². The van der Waals surface area contributed by atoms with Crippen molar-refractivity contribution in [2.45, 2.75) is 76.2 Å². The smallest absolute Gasteiger partial charge is 0.473 e. The summed E-state index contributed by atoms with van der Waals surface area (Å²) in [7, 11) is -5.95. The fraction of sp³-hybridized carbons (Fsp3) is 0.850.